The molecule has 1 atom stereocenters. The monoisotopic (exact) mass is 285 g/mol. The van der Waals surface area contributed by atoms with Gasteiger partial charge in [-0.25, -0.2) is 4.79 Å². The first kappa shape index (κ1) is 14.1. The molecule has 0 spiro atoms. The average Bonchev–Trinajstić information content (AvgIpc) is 2.85. The van der Waals surface area contributed by atoms with Crippen molar-refractivity contribution in [1.82, 2.24) is 14.5 Å². The lowest BCUT2D eigenvalue weighted by molar-refractivity contribution is 0.0550. The summed E-state index contributed by atoms with van der Waals surface area (Å²) in [5, 5.41) is 0. The number of aromatic amines is 1. The standard InChI is InChI=1S/C17H23N3O/c1-17(2)13-19(12-14-6-4-3-5-7-14)10-8-15(17)20-11-9-18-16(20)21/h3-7,9,11,15H,8,10,12-13H2,1-2H3,(H,18,21). The van der Waals surface area contributed by atoms with Crippen LogP contribution in [-0.4, -0.2) is 27.5 Å². The molecule has 1 fully saturated rings. The van der Waals surface area contributed by atoms with Gasteiger partial charge in [0, 0.05) is 38.1 Å². The first-order chi connectivity index (χ1) is 10.1. The lowest BCUT2D eigenvalue weighted by Gasteiger charge is -2.44. The summed E-state index contributed by atoms with van der Waals surface area (Å²) in [6.07, 6.45) is 4.62. The van der Waals surface area contributed by atoms with Crippen molar-refractivity contribution in [3.8, 4) is 0 Å². The van der Waals surface area contributed by atoms with Gasteiger partial charge in [-0.2, -0.15) is 0 Å². The summed E-state index contributed by atoms with van der Waals surface area (Å²) in [5.41, 5.74) is 1.44. The molecule has 1 aliphatic heterocycles. The van der Waals surface area contributed by atoms with Crippen LogP contribution in [0, 0.1) is 5.41 Å². The highest BCUT2D eigenvalue weighted by Crippen LogP contribution is 2.38. The zero-order chi connectivity index (χ0) is 14.9. The van der Waals surface area contributed by atoms with Crippen LogP contribution in [0.4, 0.5) is 0 Å². The summed E-state index contributed by atoms with van der Waals surface area (Å²) >= 11 is 0. The molecule has 0 aliphatic carbocycles. The second kappa shape index (κ2) is 5.53. The second-order valence-corrected chi connectivity index (χ2v) is 6.66. The van der Waals surface area contributed by atoms with Crippen LogP contribution >= 0.6 is 0 Å². The Morgan fingerprint density at radius 1 is 1.29 bits per heavy atom. The Morgan fingerprint density at radius 3 is 2.67 bits per heavy atom. The third-order valence-electron chi connectivity index (χ3n) is 4.51. The molecule has 1 aliphatic rings. The first-order valence-corrected chi connectivity index (χ1v) is 7.58. The van der Waals surface area contributed by atoms with Gasteiger partial charge in [0.2, 0.25) is 0 Å². The summed E-state index contributed by atoms with van der Waals surface area (Å²) in [6.45, 7) is 7.53. The SMILES string of the molecule is CC1(C)CN(Cc2ccccc2)CCC1n1cc[nH]c1=O. The van der Waals surface area contributed by atoms with Crippen molar-refractivity contribution in [2.24, 2.45) is 5.41 Å². The van der Waals surface area contributed by atoms with Crippen molar-refractivity contribution in [3.63, 3.8) is 0 Å². The number of aromatic nitrogens is 2. The highest BCUT2D eigenvalue weighted by Gasteiger charge is 2.37. The second-order valence-electron chi connectivity index (χ2n) is 6.66. The molecular weight excluding hydrogens is 262 g/mol. The van der Waals surface area contributed by atoms with Crippen LogP contribution in [0.1, 0.15) is 31.9 Å². The van der Waals surface area contributed by atoms with E-state index in [2.05, 4.69) is 54.1 Å². The molecule has 1 unspecified atom stereocenters. The van der Waals surface area contributed by atoms with Gasteiger partial charge in [-0.05, 0) is 17.4 Å². The van der Waals surface area contributed by atoms with Gasteiger partial charge in [-0.3, -0.25) is 9.47 Å². The van der Waals surface area contributed by atoms with Crippen molar-refractivity contribution in [1.29, 1.82) is 0 Å². The third kappa shape index (κ3) is 2.95. The van der Waals surface area contributed by atoms with Gasteiger partial charge in [0.05, 0.1) is 0 Å². The number of hydrogen-bond donors (Lipinski definition) is 1. The quantitative estimate of drug-likeness (QED) is 0.942. The molecule has 0 radical (unpaired) electrons. The average molecular weight is 285 g/mol. The number of imidazole rings is 1. The Kier molecular flexibility index (Phi) is 3.72. The molecule has 4 nitrogen and oxygen atoms in total. The van der Waals surface area contributed by atoms with E-state index >= 15 is 0 Å². The van der Waals surface area contributed by atoms with E-state index in [1.807, 2.05) is 10.8 Å². The number of rotatable bonds is 3. The number of nitrogens with one attached hydrogen (secondary N) is 1. The van der Waals surface area contributed by atoms with E-state index in [4.69, 9.17) is 0 Å². The van der Waals surface area contributed by atoms with Crippen LogP contribution in [0.15, 0.2) is 47.5 Å². The van der Waals surface area contributed by atoms with E-state index in [9.17, 15) is 4.79 Å². The Labute approximate surface area is 125 Å². The molecule has 1 saturated heterocycles. The smallest absolute Gasteiger partial charge is 0.313 e. The van der Waals surface area contributed by atoms with Gasteiger partial charge in [0.15, 0.2) is 0 Å². The summed E-state index contributed by atoms with van der Waals surface area (Å²) in [6, 6.07) is 10.9. The highest BCUT2D eigenvalue weighted by molar-refractivity contribution is 5.14. The topological polar surface area (TPSA) is 41.0 Å². The number of nitrogens with zero attached hydrogens (tertiary/aromatic N) is 2. The van der Waals surface area contributed by atoms with Crippen LogP contribution in [0.5, 0.6) is 0 Å². The molecule has 4 heteroatoms. The molecule has 0 bridgehead atoms. The van der Waals surface area contributed by atoms with Crippen LogP contribution in [-0.2, 0) is 6.54 Å². The Morgan fingerprint density at radius 2 is 2.05 bits per heavy atom. The number of hydrogen-bond acceptors (Lipinski definition) is 2. The molecule has 0 saturated carbocycles. The molecule has 21 heavy (non-hydrogen) atoms. The van der Waals surface area contributed by atoms with Crippen LogP contribution in [0.3, 0.4) is 0 Å². The molecule has 2 aromatic rings. The van der Waals surface area contributed by atoms with Gasteiger partial charge in [0.1, 0.15) is 0 Å². The van der Waals surface area contributed by atoms with E-state index in [1.165, 1.54) is 5.56 Å². The molecule has 112 valence electrons. The normalized spacial score (nSPS) is 22.3. The van der Waals surface area contributed by atoms with E-state index in [1.54, 1.807) is 6.20 Å². The maximum absolute atomic E-state index is 11.9. The number of benzene rings is 1. The van der Waals surface area contributed by atoms with Crippen LogP contribution in [0.2, 0.25) is 0 Å². The summed E-state index contributed by atoms with van der Waals surface area (Å²) in [7, 11) is 0. The minimum absolute atomic E-state index is 0.00424. The zero-order valence-corrected chi connectivity index (χ0v) is 12.7. The summed E-state index contributed by atoms with van der Waals surface area (Å²) in [5.74, 6) is 0. The predicted octanol–water partition coefficient (Wildman–Crippen LogP) is 2.65. The Bertz CT molecular complexity index is 641. The van der Waals surface area contributed by atoms with Gasteiger partial charge < -0.3 is 4.98 Å². The van der Waals surface area contributed by atoms with Crippen molar-refractivity contribution >= 4 is 0 Å². The van der Waals surface area contributed by atoms with Crippen LogP contribution < -0.4 is 5.69 Å². The number of H-pyrrole nitrogens is 1. The maximum atomic E-state index is 11.9. The van der Waals surface area contributed by atoms with Crippen molar-refractivity contribution in [2.45, 2.75) is 32.9 Å². The number of piperidine rings is 1. The predicted molar refractivity (Wildman–Crippen MR) is 84.2 cm³/mol. The highest BCUT2D eigenvalue weighted by atomic mass is 16.1. The minimum atomic E-state index is 0.00424. The molecule has 1 aromatic heterocycles. The van der Waals surface area contributed by atoms with E-state index in [0.29, 0.717) is 0 Å². The molecule has 1 N–H and O–H groups in total. The summed E-state index contributed by atoms with van der Waals surface area (Å²) in [4.78, 5) is 17.1. The van der Waals surface area contributed by atoms with E-state index < -0.39 is 0 Å². The lowest BCUT2D eigenvalue weighted by atomic mass is 9.79. The van der Waals surface area contributed by atoms with Gasteiger partial charge in [-0.15, -0.1) is 0 Å². The van der Waals surface area contributed by atoms with E-state index in [0.717, 1.165) is 26.1 Å². The summed E-state index contributed by atoms with van der Waals surface area (Å²) < 4.78 is 1.86. The fraction of sp³-hybridized carbons (Fsp3) is 0.471. The maximum Gasteiger partial charge on any atom is 0.325 e. The fourth-order valence-electron chi connectivity index (χ4n) is 3.53. The molecule has 1 aromatic carbocycles. The molecule has 0 amide bonds. The lowest BCUT2D eigenvalue weighted by Crippen LogP contribution is -2.47. The third-order valence-corrected chi connectivity index (χ3v) is 4.51. The molecule has 3 rings (SSSR count). The van der Waals surface area contributed by atoms with Crippen molar-refractivity contribution in [2.75, 3.05) is 13.1 Å². The van der Waals surface area contributed by atoms with Gasteiger partial charge >= 0.3 is 5.69 Å². The Balaban J connectivity index is 1.73. The first-order valence-electron chi connectivity index (χ1n) is 7.58. The van der Waals surface area contributed by atoms with E-state index in [-0.39, 0.29) is 17.1 Å². The van der Waals surface area contributed by atoms with Crippen molar-refractivity contribution in [3.05, 3.63) is 58.8 Å². The van der Waals surface area contributed by atoms with Crippen molar-refractivity contribution < 1.29 is 0 Å². The number of likely N-dealkylation sites (tertiary alicyclic amines) is 1. The van der Waals surface area contributed by atoms with Gasteiger partial charge in [-0.1, -0.05) is 44.2 Å². The minimum Gasteiger partial charge on any atom is -0.313 e. The van der Waals surface area contributed by atoms with Crippen LogP contribution in [0.25, 0.3) is 0 Å². The van der Waals surface area contributed by atoms with Gasteiger partial charge in [0.25, 0.3) is 0 Å². The molecular formula is C17H23N3O. The fourth-order valence-corrected chi connectivity index (χ4v) is 3.53. The Hall–Kier alpha value is -1.81. The zero-order valence-electron chi connectivity index (χ0n) is 12.7. The largest absolute Gasteiger partial charge is 0.325 e. The molecule has 2 heterocycles.